The number of nitrogens with one attached hydrogen (secondary N) is 1. The molecule has 24 heavy (non-hydrogen) atoms. The number of aromatic nitrogens is 1. The fourth-order valence-electron chi connectivity index (χ4n) is 2.85. The predicted octanol–water partition coefficient (Wildman–Crippen LogP) is 5.19. The van der Waals surface area contributed by atoms with Gasteiger partial charge in [0.15, 0.2) is 0 Å². The van der Waals surface area contributed by atoms with Crippen molar-refractivity contribution in [1.29, 1.82) is 0 Å². The molecule has 0 unspecified atom stereocenters. The average molecular weight is 406 g/mol. The van der Waals surface area contributed by atoms with E-state index in [0.717, 1.165) is 17.4 Å². The van der Waals surface area contributed by atoms with Crippen molar-refractivity contribution in [2.45, 2.75) is 19.9 Å². The van der Waals surface area contributed by atoms with E-state index in [2.05, 4.69) is 57.0 Å². The first-order valence-corrected chi connectivity index (χ1v) is 9.01. The fourth-order valence-corrected chi connectivity index (χ4v) is 3.42. The highest BCUT2D eigenvalue weighted by molar-refractivity contribution is 9.10. The van der Waals surface area contributed by atoms with E-state index in [0.29, 0.717) is 17.1 Å². The van der Waals surface area contributed by atoms with Crippen molar-refractivity contribution in [2.75, 3.05) is 6.54 Å². The number of para-hydroxylation sites is 1. The molecule has 2 aromatic carbocycles. The third-order valence-electron chi connectivity index (χ3n) is 4.03. The molecule has 0 atom stereocenters. The third-order valence-corrected chi connectivity index (χ3v) is 4.86. The lowest BCUT2D eigenvalue weighted by Crippen LogP contribution is -2.25. The molecule has 3 nitrogen and oxygen atoms in total. The van der Waals surface area contributed by atoms with Crippen molar-refractivity contribution in [3.8, 4) is 0 Å². The van der Waals surface area contributed by atoms with Crippen LogP contribution in [0.1, 0.15) is 22.5 Å². The molecule has 1 N–H and O–H groups in total. The lowest BCUT2D eigenvalue weighted by molar-refractivity contribution is 0.0953. The Bertz CT molecular complexity index is 888. The van der Waals surface area contributed by atoms with Crippen LogP contribution >= 0.6 is 27.5 Å². The Hall–Kier alpha value is -1.78. The molecular formula is C19H18BrClN2O. The Labute approximate surface area is 154 Å². The summed E-state index contributed by atoms with van der Waals surface area (Å²) in [5, 5.41) is 4.65. The number of aryl methyl sites for hydroxylation is 2. The predicted molar refractivity (Wildman–Crippen MR) is 103 cm³/mol. The number of fused-ring (bicyclic) bond motifs is 1. The quantitative estimate of drug-likeness (QED) is 0.583. The van der Waals surface area contributed by atoms with E-state index in [1.165, 1.54) is 16.6 Å². The largest absolute Gasteiger partial charge is 0.352 e. The van der Waals surface area contributed by atoms with Gasteiger partial charge in [-0.25, -0.2) is 0 Å². The highest BCUT2D eigenvalue weighted by atomic mass is 79.9. The molecule has 0 aliphatic rings. The summed E-state index contributed by atoms with van der Waals surface area (Å²) >= 11 is 9.45. The van der Waals surface area contributed by atoms with Crippen LogP contribution in [0.2, 0.25) is 5.02 Å². The Morgan fingerprint density at radius 3 is 2.83 bits per heavy atom. The van der Waals surface area contributed by atoms with Gasteiger partial charge in [-0.15, -0.1) is 0 Å². The minimum absolute atomic E-state index is 0.143. The number of amides is 1. The normalized spacial score (nSPS) is 11.0. The minimum atomic E-state index is -0.143. The van der Waals surface area contributed by atoms with Crippen LogP contribution in [0.5, 0.6) is 0 Å². The number of carbonyl (C=O) groups is 1. The van der Waals surface area contributed by atoms with E-state index in [-0.39, 0.29) is 5.91 Å². The number of carbonyl (C=O) groups excluding carboxylic acids is 1. The molecule has 0 saturated heterocycles. The van der Waals surface area contributed by atoms with Gasteiger partial charge in [0, 0.05) is 28.8 Å². The second kappa shape index (κ2) is 7.41. The molecule has 1 aromatic heterocycles. The molecule has 0 bridgehead atoms. The van der Waals surface area contributed by atoms with Crippen LogP contribution in [0, 0.1) is 6.92 Å². The summed E-state index contributed by atoms with van der Waals surface area (Å²) in [7, 11) is 0. The van der Waals surface area contributed by atoms with Gasteiger partial charge in [0.2, 0.25) is 0 Å². The van der Waals surface area contributed by atoms with Crippen LogP contribution in [0.15, 0.2) is 53.0 Å². The molecule has 124 valence electrons. The van der Waals surface area contributed by atoms with Gasteiger partial charge in [-0.1, -0.05) is 45.7 Å². The van der Waals surface area contributed by atoms with Gasteiger partial charge in [-0.05, 0) is 49.1 Å². The summed E-state index contributed by atoms with van der Waals surface area (Å²) < 4.78 is 3.12. The highest BCUT2D eigenvalue weighted by Crippen LogP contribution is 2.21. The van der Waals surface area contributed by atoms with Crippen molar-refractivity contribution in [2.24, 2.45) is 0 Å². The zero-order valence-corrected chi connectivity index (χ0v) is 15.7. The van der Waals surface area contributed by atoms with Gasteiger partial charge in [0.1, 0.15) is 0 Å². The van der Waals surface area contributed by atoms with E-state index in [1.54, 1.807) is 12.1 Å². The molecule has 3 aromatic rings. The van der Waals surface area contributed by atoms with E-state index in [1.807, 2.05) is 12.1 Å². The van der Waals surface area contributed by atoms with Gasteiger partial charge in [-0.2, -0.15) is 0 Å². The second-order valence-electron chi connectivity index (χ2n) is 5.73. The molecular weight excluding hydrogens is 388 g/mol. The first-order chi connectivity index (χ1) is 11.6. The maximum absolute atomic E-state index is 12.2. The van der Waals surface area contributed by atoms with Crippen LogP contribution < -0.4 is 5.32 Å². The fraction of sp³-hybridized carbons (Fsp3) is 0.211. The highest BCUT2D eigenvalue weighted by Gasteiger charge is 2.10. The van der Waals surface area contributed by atoms with Crippen molar-refractivity contribution in [3.05, 3.63) is 69.3 Å². The van der Waals surface area contributed by atoms with Crippen LogP contribution in [-0.4, -0.2) is 17.0 Å². The van der Waals surface area contributed by atoms with Gasteiger partial charge in [0.25, 0.3) is 5.91 Å². The van der Waals surface area contributed by atoms with E-state index >= 15 is 0 Å². The van der Waals surface area contributed by atoms with Gasteiger partial charge in [-0.3, -0.25) is 4.79 Å². The van der Waals surface area contributed by atoms with Crippen LogP contribution in [0.4, 0.5) is 0 Å². The Kier molecular flexibility index (Phi) is 5.27. The Morgan fingerprint density at radius 2 is 2.00 bits per heavy atom. The van der Waals surface area contributed by atoms with E-state index in [9.17, 15) is 4.79 Å². The average Bonchev–Trinajstić information content (AvgIpc) is 2.89. The number of hydrogen-bond acceptors (Lipinski definition) is 1. The molecule has 0 radical (unpaired) electrons. The van der Waals surface area contributed by atoms with Crippen LogP contribution in [-0.2, 0) is 6.54 Å². The van der Waals surface area contributed by atoms with E-state index < -0.39 is 0 Å². The van der Waals surface area contributed by atoms with Crippen LogP contribution in [0.3, 0.4) is 0 Å². The minimum Gasteiger partial charge on any atom is -0.352 e. The first-order valence-electron chi connectivity index (χ1n) is 7.84. The molecule has 0 aliphatic heterocycles. The monoisotopic (exact) mass is 404 g/mol. The molecule has 5 heteroatoms. The van der Waals surface area contributed by atoms with Gasteiger partial charge in [0.05, 0.1) is 10.6 Å². The summed E-state index contributed by atoms with van der Waals surface area (Å²) in [5.74, 6) is -0.143. The van der Waals surface area contributed by atoms with Gasteiger partial charge < -0.3 is 9.88 Å². The summed E-state index contributed by atoms with van der Waals surface area (Å²) in [4.78, 5) is 12.2. The maximum Gasteiger partial charge on any atom is 0.252 e. The van der Waals surface area contributed by atoms with Crippen molar-refractivity contribution < 1.29 is 4.79 Å². The van der Waals surface area contributed by atoms with Crippen LogP contribution in [0.25, 0.3) is 10.9 Å². The Morgan fingerprint density at radius 1 is 1.21 bits per heavy atom. The summed E-state index contributed by atoms with van der Waals surface area (Å²) in [6.07, 6.45) is 0.858. The van der Waals surface area contributed by atoms with Crippen molar-refractivity contribution in [1.82, 2.24) is 9.88 Å². The summed E-state index contributed by atoms with van der Waals surface area (Å²) in [5.41, 5.74) is 2.96. The number of rotatable bonds is 5. The molecule has 1 amide bonds. The zero-order chi connectivity index (χ0) is 17.1. The number of benzene rings is 2. The topological polar surface area (TPSA) is 34.0 Å². The number of hydrogen-bond donors (Lipinski definition) is 1. The van der Waals surface area contributed by atoms with Gasteiger partial charge >= 0.3 is 0 Å². The summed E-state index contributed by atoms with van der Waals surface area (Å²) in [6, 6.07) is 15.8. The summed E-state index contributed by atoms with van der Waals surface area (Å²) in [6.45, 7) is 3.58. The molecule has 1 heterocycles. The number of nitrogens with zero attached hydrogens (tertiary/aromatic N) is 1. The third kappa shape index (κ3) is 3.65. The maximum atomic E-state index is 12.2. The second-order valence-corrected chi connectivity index (χ2v) is 7.05. The van der Waals surface area contributed by atoms with Crippen molar-refractivity contribution in [3.63, 3.8) is 0 Å². The molecule has 0 fully saturated rings. The first kappa shape index (κ1) is 17.1. The standard InChI is InChI=1S/C19H18BrClN2O/c1-13-11-14-5-2-3-6-18(14)23(13)10-4-9-22-19(24)16-12-15(20)7-8-17(16)21/h2-3,5-8,11-12H,4,9-10H2,1H3,(H,22,24). The molecule has 0 aliphatic carbocycles. The zero-order valence-electron chi connectivity index (χ0n) is 13.4. The number of halogens is 2. The Balaban J connectivity index is 1.60. The lowest BCUT2D eigenvalue weighted by atomic mass is 10.2. The van der Waals surface area contributed by atoms with Crippen molar-refractivity contribution >= 4 is 44.3 Å². The SMILES string of the molecule is Cc1cc2ccccc2n1CCCNC(=O)c1cc(Br)ccc1Cl. The molecule has 0 saturated carbocycles. The molecule has 3 rings (SSSR count). The smallest absolute Gasteiger partial charge is 0.252 e. The van der Waals surface area contributed by atoms with E-state index in [4.69, 9.17) is 11.6 Å². The lowest BCUT2D eigenvalue weighted by Gasteiger charge is -2.10. The molecule has 0 spiro atoms.